The molecule has 0 aromatic heterocycles. The quantitative estimate of drug-likeness (QED) is 0.800. The van der Waals surface area contributed by atoms with Crippen molar-refractivity contribution in [2.24, 2.45) is 0 Å². The average molecular weight is 314 g/mol. The van der Waals surface area contributed by atoms with Crippen molar-refractivity contribution in [3.63, 3.8) is 0 Å². The zero-order chi connectivity index (χ0) is 16.2. The number of ether oxygens (including phenoxy) is 1. The molecular formula is C15H20F2N2O3. The Hall–Kier alpha value is -1.89. The lowest BCUT2D eigenvalue weighted by Gasteiger charge is -2.32. The van der Waals surface area contributed by atoms with Gasteiger partial charge in [0.25, 0.3) is 0 Å². The lowest BCUT2D eigenvalue weighted by Crippen LogP contribution is -2.45. The minimum absolute atomic E-state index is 0.0824. The van der Waals surface area contributed by atoms with Crippen LogP contribution in [-0.2, 0) is 0 Å². The largest absolute Gasteiger partial charge is 0.494 e. The molecule has 1 aromatic carbocycles. The molecule has 2 amide bonds. The van der Waals surface area contributed by atoms with E-state index in [9.17, 15) is 18.7 Å². The molecule has 3 N–H and O–H groups in total. The van der Waals surface area contributed by atoms with Crippen molar-refractivity contribution in [1.82, 2.24) is 5.32 Å². The number of amides is 2. The Morgan fingerprint density at radius 3 is 2.59 bits per heavy atom. The van der Waals surface area contributed by atoms with Crippen LogP contribution in [0.3, 0.4) is 0 Å². The van der Waals surface area contributed by atoms with Crippen LogP contribution in [0.5, 0.6) is 5.75 Å². The fraction of sp³-hybridized carbons (Fsp3) is 0.533. The third-order valence-electron chi connectivity index (χ3n) is 3.85. The maximum atomic E-state index is 13.7. The summed E-state index contributed by atoms with van der Waals surface area (Å²) in [4.78, 5) is 11.8. The molecule has 0 bridgehead atoms. The van der Waals surface area contributed by atoms with Gasteiger partial charge >= 0.3 is 6.03 Å². The lowest BCUT2D eigenvalue weighted by atomic mass is 9.85. The number of benzene rings is 1. The van der Waals surface area contributed by atoms with Crippen LogP contribution in [0.15, 0.2) is 12.1 Å². The molecule has 0 atom stereocenters. The molecule has 1 saturated carbocycles. The fourth-order valence-corrected chi connectivity index (χ4v) is 2.58. The molecule has 0 saturated heterocycles. The lowest BCUT2D eigenvalue weighted by molar-refractivity contribution is 0.00755. The number of hydrogen-bond acceptors (Lipinski definition) is 3. The van der Waals surface area contributed by atoms with Gasteiger partial charge in [0.2, 0.25) is 0 Å². The first-order chi connectivity index (χ1) is 10.4. The van der Waals surface area contributed by atoms with Gasteiger partial charge in [-0.1, -0.05) is 19.3 Å². The molecule has 122 valence electrons. The van der Waals surface area contributed by atoms with Gasteiger partial charge < -0.3 is 20.5 Å². The molecule has 1 aliphatic rings. The zero-order valence-corrected chi connectivity index (χ0v) is 12.4. The topological polar surface area (TPSA) is 70.6 Å². The summed E-state index contributed by atoms with van der Waals surface area (Å²) in [6.45, 7) is 0.0824. The highest BCUT2D eigenvalue weighted by Crippen LogP contribution is 2.27. The number of carbonyl (C=O) groups excluding carboxylic acids is 1. The van der Waals surface area contributed by atoms with E-state index in [-0.39, 0.29) is 18.0 Å². The SMILES string of the molecule is COc1cc(F)c(NC(=O)NCC2(O)CCCCC2)cc1F. The maximum absolute atomic E-state index is 13.7. The van der Waals surface area contributed by atoms with Gasteiger partial charge in [-0.3, -0.25) is 0 Å². The monoisotopic (exact) mass is 314 g/mol. The van der Waals surface area contributed by atoms with Crippen molar-refractivity contribution in [2.45, 2.75) is 37.7 Å². The predicted molar refractivity (Wildman–Crippen MR) is 78.0 cm³/mol. The van der Waals surface area contributed by atoms with Crippen molar-refractivity contribution in [2.75, 3.05) is 19.0 Å². The average Bonchev–Trinajstić information content (AvgIpc) is 2.49. The summed E-state index contributed by atoms with van der Waals surface area (Å²) in [6.07, 6.45) is 4.15. The maximum Gasteiger partial charge on any atom is 0.319 e. The van der Waals surface area contributed by atoms with E-state index >= 15 is 0 Å². The van der Waals surface area contributed by atoms with Gasteiger partial charge in [-0.25, -0.2) is 13.6 Å². The Morgan fingerprint density at radius 1 is 1.27 bits per heavy atom. The number of halogens is 2. The van der Waals surface area contributed by atoms with E-state index in [4.69, 9.17) is 0 Å². The second kappa shape index (κ2) is 6.91. The van der Waals surface area contributed by atoms with Crippen molar-refractivity contribution in [3.8, 4) is 5.75 Å². The minimum Gasteiger partial charge on any atom is -0.494 e. The number of urea groups is 1. The summed E-state index contributed by atoms with van der Waals surface area (Å²) in [5.41, 5.74) is -1.20. The Balaban J connectivity index is 1.93. The van der Waals surface area contributed by atoms with Gasteiger partial charge in [-0.15, -0.1) is 0 Å². The molecule has 1 fully saturated rings. The van der Waals surface area contributed by atoms with Crippen LogP contribution in [0, 0.1) is 11.6 Å². The summed E-state index contributed by atoms with van der Waals surface area (Å²) < 4.78 is 31.9. The van der Waals surface area contributed by atoms with Gasteiger partial charge in [0.1, 0.15) is 0 Å². The number of carbonyl (C=O) groups is 1. The number of anilines is 1. The second-order valence-corrected chi connectivity index (χ2v) is 5.56. The van der Waals surface area contributed by atoms with Gasteiger partial charge in [0.15, 0.2) is 17.4 Å². The van der Waals surface area contributed by atoms with Crippen LogP contribution in [0.4, 0.5) is 19.3 Å². The number of hydrogen-bond donors (Lipinski definition) is 3. The van der Waals surface area contributed by atoms with Crippen LogP contribution in [-0.4, -0.2) is 30.4 Å². The van der Waals surface area contributed by atoms with E-state index < -0.39 is 23.3 Å². The van der Waals surface area contributed by atoms with Crippen molar-refractivity contribution in [1.29, 1.82) is 0 Å². The molecule has 0 heterocycles. The second-order valence-electron chi connectivity index (χ2n) is 5.56. The molecular weight excluding hydrogens is 294 g/mol. The van der Waals surface area contributed by atoms with Crippen LogP contribution in [0.2, 0.25) is 0 Å². The van der Waals surface area contributed by atoms with Crippen LogP contribution in [0.25, 0.3) is 0 Å². The first-order valence-electron chi connectivity index (χ1n) is 7.24. The van der Waals surface area contributed by atoms with Gasteiger partial charge in [0.05, 0.1) is 18.4 Å². The minimum atomic E-state index is -0.917. The summed E-state index contributed by atoms with van der Waals surface area (Å²) >= 11 is 0. The molecule has 1 aliphatic carbocycles. The van der Waals surface area contributed by atoms with Crippen molar-refractivity contribution < 1.29 is 23.4 Å². The first kappa shape index (κ1) is 16.5. The Morgan fingerprint density at radius 2 is 1.95 bits per heavy atom. The Bertz CT molecular complexity index is 546. The molecule has 2 rings (SSSR count). The highest BCUT2D eigenvalue weighted by Gasteiger charge is 2.29. The summed E-state index contributed by atoms with van der Waals surface area (Å²) in [5.74, 6) is -1.81. The molecule has 1 aromatic rings. The molecule has 22 heavy (non-hydrogen) atoms. The van der Waals surface area contributed by atoms with E-state index in [1.165, 1.54) is 7.11 Å². The smallest absolute Gasteiger partial charge is 0.319 e. The molecule has 7 heteroatoms. The van der Waals surface area contributed by atoms with Crippen LogP contribution in [0.1, 0.15) is 32.1 Å². The van der Waals surface area contributed by atoms with Crippen molar-refractivity contribution >= 4 is 11.7 Å². The third kappa shape index (κ3) is 4.07. The van der Waals surface area contributed by atoms with Crippen molar-refractivity contribution in [3.05, 3.63) is 23.8 Å². The van der Waals surface area contributed by atoms with Crippen LogP contribution >= 0.6 is 0 Å². The molecule has 0 unspecified atom stereocenters. The van der Waals surface area contributed by atoms with Crippen LogP contribution < -0.4 is 15.4 Å². The molecule has 0 radical (unpaired) electrons. The highest BCUT2D eigenvalue weighted by molar-refractivity contribution is 5.89. The standard InChI is InChI=1S/C15H20F2N2O3/c1-22-13-8-10(16)12(7-11(13)17)19-14(20)18-9-15(21)5-3-2-4-6-15/h7-8,21H,2-6,9H2,1H3,(H2,18,19,20). The Labute approximate surface area is 127 Å². The van der Waals surface area contributed by atoms with Gasteiger partial charge in [0, 0.05) is 18.7 Å². The number of methoxy groups -OCH3 is 1. The van der Waals surface area contributed by atoms with E-state index in [0.717, 1.165) is 31.4 Å². The Kier molecular flexibility index (Phi) is 5.18. The molecule has 5 nitrogen and oxygen atoms in total. The zero-order valence-electron chi connectivity index (χ0n) is 12.4. The van der Waals surface area contributed by atoms with E-state index in [1.54, 1.807) is 0 Å². The molecule has 0 aliphatic heterocycles. The van der Waals surface area contributed by atoms with E-state index in [0.29, 0.717) is 12.8 Å². The summed E-state index contributed by atoms with van der Waals surface area (Å²) in [7, 11) is 1.22. The van der Waals surface area contributed by atoms with E-state index in [2.05, 4.69) is 15.4 Å². The van der Waals surface area contributed by atoms with E-state index in [1.807, 2.05) is 0 Å². The predicted octanol–water partition coefficient (Wildman–Crippen LogP) is 2.79. The van der Waals surface area contributed by atoms with Gasteiger partial charge in [-0.2, -0.15) is 0 Å². The molecule has 0 spiro atoms. The number of nitrogens with one attached hydrogen (secondary N) is 2. The number of aliphatic hydroxyl groups is 1. The third-order valence-corrected chi connectivity index (χ3v) is 3.85. The summed E-state index contributed by atoms with van der Waals surface area (Å²) in [6, 6.07) is 1.02. The van der Waals surface area contributed by atoms with Gasteiger partial charge in [-0.05, 0) is 12.8 Å². The normalized spacial score (nSPS) is 16.9. The fourth-order valence-electron chi connectivity index (χ4n) is 2.58. The highest BCUT2D eigenvalue weighted by atomic mass is 19.1. The number of rotatable bonds is 4. The summed E-state index contributed by atoms with van der Waals surface area (Å²) in [5, 5.41) is 15.0. The first-order valence-corrected chi connectivity index (χ1v) is 7.24.